The molecule has 0 aromatic heterocycles. The van der Waals surface area contributed by atoms with Gasteiger partial charge >= 0.3 is 5.97 Å². The van der Waals surface area contributed by atoms with E-state index < -0.39 is 16.6 Å². The van der Waals surface area contributed by atoms with Crippen molar-refractivity contribution in [3.63, 3.8) is 0 Å². The van der Waals surface area contributed by atoms with Crippen LogP contribution in [0.25, 0.3) is 0 Å². The molecule has 0 bridgehead atoms. The zero-order chi connectivity index (χ0) is 7.65. The van der Waals surface area contributed by atoms with Crippen LogP contribution in [-0.2, 0) is 9.59 Å². The minimum absolute atomic E-state index is 1.11. The molecular formula is C4H7NO3S. The van der Waals surface area contributed by atoms with Crippen LogP contribution in [0.5, 0.6) is 0 Å². The van der Waals surface area contributed by atoms with Crippen molar-refractivity contribution in [3.8, 4) is 0 Å². The maximum absolute atomic E-state index is 10.4. The van der Waals surface area contributed by atoms with Gasteiger partial charge in [-0.25, -0.2) is 4.79 Å². The molecule has 9 heavy (non-hydrogen) atoms. The van der Waals surface area contributed by atoms with Crippen LogP contribution in [0.1, 0.15) is 6.92 Å². The molecule has 0 saturated heterocycles. The number of carboxylic acid groups (broad SMARTS) is 1. The van der Waals surface area contributed by atoms with Gasteiger partial charge in [-0.1, -0.05) is 0 Å². The van der Waals surface area contributed by atoms with E-state index in [0.29, 0.717) is 0 Å². The lowest BCUT2D eigenvalue weighted by molar-refractivity contribution is -0.149. The Morgan fingerprint density at radius 3 is 2.00 bits per heavy atom. The highest BCUT2D eigenvalue weighted by atomic mass is 32.1. The van der Waals surface area contributed by atoms with Gasteiger partial charge in [-0.2, -0.15) is 0 Å². The van der Waals surface area contributed by atoms with Crippen LogP contribution in [0.2, 0.25) is 0 Å². The number of hydrogen-bond acceptors (Lipinski definition) is 4. The van der Waals surface area contributed by atoms with Crippen molar-refractivity contribution in [2.75, 3.05) is 0 Å². The highest BCUT2D eigenvalue weighted by Crippen LogP contribution is 2.04. The number of Topliss-reactive ketones (excluding diaryl/α,β-unsaturated/α-hetero) is 1. The van der Waals surface area contributed by atoms with E-state index in [0.717, 1.165) is 0 Å². The van der Waals surface area contributed by atoms with Gasteiger partial charge in [0.15, 0.2) is 0 Å². The molecule has 0 aromatic carbocycles. The molecule has 0 aliphatic carbocycles. The smallest absolute Gasteiger partial charge is 0.375 e. The summed E-state index contributed by atoms with van der Waals surface area (Å²) >= 11 is 3.54. The number of nitrogens with two attached hydrogens (primary N) is 1. The molecule has 0 aliphatic rings. The third-order valence-corrected chi connectivity index (χ3v) is 0.857. The first-order valence-corrected chi connectivity index (χ1v) is 2.59. The van der Waals surface area contributed by atoms with Crippen LogP contribution in [-0.4, -0.2) is 21.7 Å². The fourth-order valence-electron chi connectivity index (χ4n) is 0.216. The van der Waals surface area contributed by atoms with Crippen molar-refractivity contribution in [3.05, 3.63) is 0 Å². The van der Waals surface area contributed by atoms with E-state index in [-0.39, 0.29) is 0 Å². The first-order chi connectivity index (χ1) is 3.85. The van der Waals surface area contributed by atoms with Crippen molar-refractivity contribution in [2.45, 2.75) is 11.8 Å². The molecule has 52 valence electrons. The van der Waals surface area contributed by atoms with Crippen LogP contribution < -0.4 is 5.73 Å². The Morgan fingerprint density at radius 1 is 1.67 bits per heavy atom. The summed E-state index contributed by atoms with van der Waals surface area (Å²) < 4.78 is 0. The largest absolute Gasteiger partial charge is 0.475 e. The summed E-state index contributed by atoms with van der Waals surface area (Å²) in [7, 11) is 0. The Kier molecular flexibility index (Phi) is 2.22. The van der Waals surface area contributed by atoms with Crippen LogP contribution in [0.15, 0.2) is 0 Å². The summed E-state index contributed by atoms with van der Waals surface area (Å²) in [6.45, 7) is 1.21. The van der Waals surface area contributed by atoms with Gasteiger partial charge in [0.05, 0.1) is 0 Å². The van der Waals surface area contributed by atoms with E-state index in [1.54, 1.807) is 0 Å². The fraction of sp³-hybridized carbons (Fsp3) is 0.500. The Morgan fingerprint density at radius 2 is 2.00 bits per heavy atom. The van der Waals surface area contributed by atoms with Gasteiger partial charge in [0.2, 0.25) is 0 Å². The minimum atomic E-state index is -1.56. The van der Waals surface area contributed by atoms with E-state index in [9.17, 15) is 9.59 Å². The molecule has 0 amide bonds. The number of carbonyl (C=O) groups excluding carboxylic acids is 1. The third kappa shape index (κ3) is 2.48. The van der Waals surface area contributed by atoms with Gasteiger partial charge < -0.3 is 10.8 Å². The van der Waals surface area contributed by atoms with E-state index in [1.165, 1.54) is 6.92 Å². The predicted octanol–water partition coefficient (Wildman–Crippen LogP) is -0.755. The molecule has 0 spiro atoms. The van der Waals surface area contributed by atoms with Gasteiger partial charge in [0, 0.05) is 0 Å². The van der Waals surface area contributed by atoms with Crippen LogP contribution in [0.3, 0.4) is 0 Å². The Bertz CT molecular complexity index is 148. The summed E-state index contributed by atoms with van der Waals surface area (Å²) in [5.41, 5.74) is 5.01. The van der Waals surface area contributed by atoms with Crippen LogP contribution in [0.4, 0.5) is 0 Å². The zero-order valence-electron chi connectivity index (χ0n) is 4.79. The monoisotopic (exact) mass is 149 g/mol. The Balaban J connectivity index is 4.23. The maximum Gasteiger partial charge on any atom is 0.375 e. The molecule has 4 nitrogen and oxygen atoms in total. The van der Waals surface area contributed by atoms with Crippen molar-refractivity contribution in [2.24, 2.45) is 5.73 Å². The van der Waals surface area contributed by atoms with Gasteiger partial charge in [-0.3, -0.25) is 4.79 Å². The maximum atomic E-state index is 10.4. The van der Waals surface area contributed by atoms with Crippen molar-refractivity contribution in [1.29, 1.82) is 0 Å². The normalized spacial score (nSPS) is 16.3. The number of carbonyl (C=O) groups is 2. The standard InChI is InChI=1S/C4H7NO3S/c1-4(5,9)2(6)3(7)8/h9H,5H2,1H3,(H,7,8). The molecule has 1 unspecified atom stereocenters. The number of aliphatic carboxylic acids is 1. The molecule has 0 saturated carbocycles. The summed E-state index contributed by atoms with van der Waals surface area (Å²) in [6, 6.07) is 0. The molecule has 5 heteroatoms. The molecular weight excluding hydrogens is 142 g/mol. The van der Waals surface area contributed by atoms with Gasteiger partial charge in [-0.05, 0) is 6.92 Å². The molecule has 0 heterocycles. The summed E-state index contributed by atoms with van der Waals surface area (Å²) in [6.07, 6.45) is 0. The first kappa shape index (κ1) is 8.45. The topological polar surface area (TPSA) is 80.4 Å². The zero-order valence-corrected chi connectivity index (χ0v) is 5.68. The average molecular weight is 149 g/mol. The molecule has 0 aromatic rings. The first-order valence-electron chi connectivity index (χ1n) is 2.14. The third-order valence-electron chi connectivity index (χ3n) is 0.654. The number of rotatable bonds is 2. The fourth-order valence-corrected chi connectivity index (χ4v) is 0.312. The number of hydrogen-bond donors (Lipinski definition) is 3. The van der Waals surface area contributed by atoms with Gasteiger partial charge in [-0.15, -0.1) is 12.6 Å². The summed E-state index contributed by atoms with van der Waals surface area (Å²) in [4.78, 5) is 18.7. The Labute approximate surface area is 57.4 Å². The van der Waals surface area contributed by atoms with Gasteiger partial charge in [0.25, 0.3) is 5.78 Å². The lowest BCUT2D eigenvalue weighted by Gasteiger charge is -2.10. The van der Waals surface area contributed by atoms with Crippen LogP contribution in [0, 0.1) is 0 Å². The van der Waals surface area contributed by atoms with E-state index in [4.69, 9.17) is 10.8 Å². The quantitative estimate of drug-likeness (QED) is 0.274. The van der Waals surface area contributed by atoms with Crippen molar-refractivity contribution >= 4 is 24.4 Å². The lowest BCUT2D eigenvalue weighted by Crippen LogP contribution is -2.43. The van der Waals surface area contributed by atoms with E-state index in [2.05, 4.69) is 12.6 Å². The lowest BCUT2D eigenvalue weighted by atomic mass is 10.2. The Hall–Kier alpha value is -0.550. The minimum Gasteiger partial charge on any atom is -0.475 e. The van der Waals surface area contributed by atoms with Gasteiger partial charge in [0.1, 0.15) is 4.87 Å². The van der Waals surface area contributed by atoms with E-state index in [1.807, 2.05) is 0 Å². The van der Waals surface area contributed by atoms with Crippen LogP contribution >= 0.6 is 12.6 Å². The van der Waals surface area contributed by atoms with Crippen molar-refractivity contribution < 1.29 is 14.7 Å². The number of thiol groups is 1. The summed E-state index contributed by atoms with van der Waals surface area (Å²) in [5.74, 6) is -2.67. The van der Waals surface area contributed by atoms with E-state index >= 15 is 0 Å². The number of carboxylic acids is 1. The van der Waals surface area contributed by atoms with Crippen molar-refractivity contribution in [1.82, 2.24) is 0 Å². The molecule has 0 rings (SSSR count). The molecule has 1 atom stereocenters. The number of ketones is 1. The average Bonchev–Trinajstić information content (AvgIpc) is 1.62. The predicted molar refractivity (Wildman–Crippen MR) is 34.2 cm³/mol. The molecule has 0 aliphatic heterocycles. The highest BCUT2D eigenvalue weighted by molar-refractivity contribution is 7.82. The molecule has 0 fully saturated rings. The second-order valence-corrected chi connectivity index (χ2v) is 2.71. The SMILES string of the molecule is CC(N)(S)C(=O)C(=O)O. The molecule has 3 N–H and O–H groups in total. The second kappa shape index (κ2) is 2.36. The highest BCUT2D eigenvalue weighted by Gasteiger charge is 2.29. The summed E-state index contributed by atoms with van der Waals surface area (Å²) in [5, 5.41) is 8.04. The second-order valence-electron chi connectivity index (χ2n) is 1.78. The molecule has 0 radical (unpaired) electrons.